The van der Waals surface area contributed by atoms with E-state index in [0.717, 1.165) is 38.3 Å². The van der Waals surface area contributed by atoms with Crippen LogP contribution in [-0.4, -0.2) is 42.7 Å². The highest BCUT2D eigenvalue weighted by molar-refractivity contribution is 7.12. The molecule has 1 fully saturated rings. The summed E-state index contributed by atoms with van der Waals surface area (Å²) in [5.41, 5.74) is 3.79. The smallest absolute Gasteiger partial charge is 0.0927 e. The van der Waals surface area contributed by atoms with Crippen molar-refractivity contribution in [3.63, 3.8) is 0 Å². The number of aryl methyl sites for hydroxylation is 3. The number of aliphatic hydroxyl groups excluding tert-OH is 1. The van der Waals surface area contributed by atoms with Gasteiger partial charge in [0.2, 0.25) is 0 Å². The molecule has 0 aliphatic carbocycles. The Balaban J connectivity index is 1.57. The molecule has 0 spiro atoms. The zero-order chi connectivity index (χ0) is 16.4. The molecule has 0 bridgehead atoms. The predicted octanol–water partition coefficient (Wildman–Crippen LogP) is 3.53. The minimum atomic E-state index is -0.370. The van der Waals surface area contributed by atoms with Crippen LogP contribution >= 0.6 is 11.3 Å². The van der Waals surface area contributed by atoms with Gasteiger partial charge in [0.1, 0.15) is 0 Å². The minimum Gasteiger partial charge on any atom is -0.387 e. The van der Waals surface area contributed by atoms with Crippen molar-refractivity contribution in [3.8, 4) is 0 Å². The number of anilines is 1. The Labute approximate surface area is 143 Å². The molecule has 1 aliphatic heterocycles. The van der Waals surface area contributed by atoms with E-state index in [1.54, 1.807) is 11.3 Å². The number of β-amino-alcohol motifs (C(OH)–C–C–N with tert-alkyl or cyclic N) is 1. The summed E-state index contributed by atoms with van der Waals surface area (Å²) in [5.74, 6) is 0. The molecule has 3 nitrogen and oxygen atoms in total. The number of nitrogens with zero attached hydrogens (tertiary/aromatic N) is 2. The van der Waals surface area contributed by atoms with Gasteiger partial charge in [-0.2, -0.15) is 0 Å². The van der Waals surface area contributed by atoms with Gasteiger partial charge in [0, 0.05) is 48.2 Å². The number of hydrogen-bond acceptors (Lipinski definition) is 4. The Hall–Kier alpha value is -1.36. The highest BCUT2D eigenvalue weighted by Crippen LogP contribution is 2.27. The van der Waals surface area contributed by atoms with E-state index < -0.39 is 0 Å². The normalized spacial score (nSPS) is 17.5. The Bertz CT molecular complexity index is 659. The second kappa shape index (κ2) is 7.04. The standard InChI is InChI=1S/C19H26N2OS/c1-14-6-4-5-7-18(14)21-10-8-20(9-11-21)13-19(22)17-12-15(2)23-16(17)3/h4-7,12,19,22H,8-11,13H2,1-3H3/t19-/m0/s1. The molecule has 1 atom stereocenters. The van der Waals surface area contributed by atoms with Crippen LogP contribution in [0.5, 0.6) is 0 Å². The number of thiophene rings is 1. The first-order chi connectivity index (χ1) is 11.0. The molecule has 1 N–H and O–H groups in total. The van der Waals surface area contributed by atoms with E-state index >= 15 is 0 Å². The third kappa shape index (κ3) is 3.77. The molecule has 1 aliphatic rings. The first kappa shape index (κ1) is 16.5. The van der Waals surface area contributed by atoms with Crippen LogP contribution in [0.1, 0.15) is 27.0 Å². The van der Waals surface area contributed by atoms with E-state index in [0.29, 0.717) is 0 Å². The summed E-state index contributed by atoms with van der Waals surface area (Å²) in [4.78, 5) is 7.36. The number of rotatable bonds is 4. The summed E-state index contributed by atoms with van der Waals surface area (Å²) < 4.78 is 0. The van der Waals surface area contributed by atoms with Crippen molar-refractivity contribution in [2.75, 3.05) is 37.6 Å². The molecule has 23 heavy (non-hydrogen) atoms. The lowest BCUT2D eigenvalue weighted by molar-refractivity contribution is 0.109. The van der Waals surface area contributed by atoms with Gasteiger partial charge in [-0.1, -0.05) is 18.2 Å². The lowest BCUT2D eigenvalue weighted by atomic mass is 10.1. The van der Waals surface area contributed by atoms with Gasteiger partial charge in [-0.3, -0.25) is 4.90 Å². The molecule has 124 valence electrons. The third-order valence-electron chi connectivity index (χ3n) is 4.70. The number of piperazine rings is 1. The molecular weight excluding hydrogens is 304 g/mol. The molecule has 2 aromatic rings. The van der Waals surface area contributed by atoms with Crippen molar-refractivity contribution in [3.05, 3.63) is 51.2 Å². The van der Waals surface area contributed by atoms with Gasteiger partial charge in [0.25, 0.3) is 0 Å². The molecule has 0 radical (unpaired) electrons. The topological polar surface area (TPSA) is 26.7 Å². The average Bonchev–Trinajstić information content (AvgIpc) is 2.87. The van der Waals surface area contributed by atoms with Crippen molar-refractivity contribution < 1.29 is 5.11 Å². The minimum absolute atomic E-state index is 0.370. The largest absolute Gasteiger partial charge is 0.387 e. The molecular formula is C19H26N2OS. The maximum absolute atomic E-state index is 10.5. The lowest BCUT2D eigenvalue weighted by Gasteiger charge is -2.37. The zero-order valence-electron chi connectivity index (χ0n) is 14.2. The molecule has 1 aromatic heterocycles. The van der Waals surface area contributed by atoms with Crippen LogP contribution in [0.3, 0.4) is 0 Å². The summed E-state index contributed by atoms with van der Waals surface area (Å²) in [6, 6.07) is 10.7. The molecule has 0 amide bonds. The van der Waals surface area contributed by atoms with Crippen LogP contribution < -0.4 is 4.90 Å². The fourth-order valence-corrected chi connectivity index (χ4v) is 4.40. The summed E-state index contributed by atoms with van der Waals surface area (Å²) in [5, 5.41) is 10.5. The van der Waals surface area contributed by atoms with Crippen LogP contribution in [0.15, 0.2) is 30.3 Å². The highest BCUT2D eigenvalue weighted by atomic mass is 32.1. The number of aliphatic hydroxyl groups is 1. The highest BCUT2D eigenvalue weighted by Gasteiger charge is 2.22. The summed E-state index contributed by atoms with van der Waals surface area (Å²) >= 11 is 1.77. The Kier molecular flexibility index (Phi) is 5.05. The fourth-order valence-electron chi connectivity index (χ4n) is 3.41. The average molecular weight is 330 g/mol. The number of benzene rings is 1. The summed E-state index contributed by atoms with van der Waals surface area (Å²) in [6.45, 7) is 11.2. The second-order valence-corrected chi connectivity index (χ2v) is 7.92. The fraction of sp³-hybridized carbons (Fsp3) is 0.474. The van der Waals surface area contributed by atoms with Gasteiger partial charge in [-0.05, 0) is 44.0 Å². The van der Waals surface area contributed by atoms with Gasteiger partial charge < -0.3 is 10.0 Å². The van der Waals surface area contributed by atoms with Crippen LogP contribution in [0.2, 0.25) is 0 Å². The first-order valence-corrected chi connectivity index (χ1v) is 9.14. The van der Waals surface area contributed by atoms with E-state index in [-0.39, 0.29) is 6.10 Å². The molecule has 2 heterocycles. The molecule has 0 saturated carbocycles. The third-order valence-corrected chi connectivity index (χ3v) is 5.68. The van der Waals surface area contributed by atoms with Gasteiger partial charge in [-0.25, -0.2) is 0 Å². The van der Waals surface area contributed by atoms with E-state index in [4.69, 9.17) is 0 Å². The summed E-state index contributed by atoms with van der Waals surface area (Å²) in [6.07, 6.45) is -0.370. The molecule has 3 rings (SSSR count). The number of para-hydroxylation sites is 1. The molecule has 1 saturated heterocycles. The second-order valence-electron chi connectivity index (χ2n) is 6.46. The van der Waals surface area contributed by atoms with E-state index in [1.165, 1.54) is 21.0 Å². The van der Waals surface area contributed by atoms with Crippen molar-refractivity contribution in [2.24, 2.45) is 0 Å². The maximum atomic E-state index is 10.5. The Morgan fingerprint density at radius 3 is 2.39 bits per heavy atom. The van der Waals surface area contributed by atoms with Crippen molar-refractivity contribution in [1.82, 2.24) is 4.90 Å². The van der Waals surface area contributed by atoms with Crippen LogP contribution in [0.25, 0.3) is 0 Å². The summed E-state index contributed by atoms with van der Waals surface area (Å²) in [7, 11) is 0. The predicted molar refractivity (Wildman–Crippen MR) is 98.6 cm³/mol. The van der Waals surface area contributed by atoms with E-state index in [9.17, 15) is 5.11 Å². The molecule has 0 unspecified atom stereocenters. The van der Waals surface area contributed by atoms with E-state index in [1.807, 2.05) is 0 Å². The van der Waals surface area contributed by atoms with Crippen molar-refractivity contribution >= 4 is 17.0 Å². The Morgan fingerprint density at radius 1 is 1.09 bits per heavy atom. The first-order valence-electron chi connectivity index (χ1n) is 8.32. The lowest BCUT2D eigenvalue weighted by Crippen LogP contribution is -2.47. The quantitative estimate of drug-likeness (QED) is 0.929. The van der Waals surface area contributed by atoms with Gasteiger partial charge >= 0.3 is 0 Å². The zero-order valence-corrected chi connectivity index (χ0v) is 15.1. The van der Waals surface area contributed by atoms with Crippen LogP contribution in [0, 0.1) is 20.8 Å². The van der Waals surface area contributed by atoms with Crippen molar-refractivity contribution in [1.29, 1.82) is 0 Å². The Morgan fingerprint density at radius 2 is 1.78 bits per heavy atom. The molecule has 1 aromatic carbocycles. The van der Waals surface area contributed by atoms with Crippen molar-refractivity contribution in [2.45, 2.75) is 26.9 Å². The van der Waals surface area contributed by atoms with E-state index in [2.05, 4.69) is 60.9 Å². The van der Waals surface area contributed by atoms with Crippen LogP contribution in [-0.2, 0) is 0 Å². The van der Waals surface area contributed by atoms with Crippen LogP contribution in [0.4, 0.5) is 5.69 Å². The van der Waals surface area contributed by atoms with Gasteiger partial charge in [0.05, 0.1) is 6.10 Å². The maximum Gasteiger partial charge on any atom is 0.0927 e. The van der Waals surface area contributed by atoms with Gasteiger partial charge in [-0.15, -0.1) is 11.3 Å². The SMILES string of the molecule is Cc1cc([C@@H](O)CN2CCN(c3ccccc3C)CC2)c(C)s1. The monoisotopic (exact) mass is 330 g/mol. The molecule has 4 heteroatoms. The van der Waals surface area contributed by atoms with Gasteiger partial charge in [0.15, 0.2) is 0 Å². The number of hydrogen-bond donors (Lipinski definition) is 1.